The van der Waals surface area contributed by atoms with Gasteiger partial charge in [0.1, 0.15) is 22.8 Å². The molecular weight excluding hydrogens is 402 g/mol. The molecule has 0 spiro atoms. The van der Waals surface area contributed by atoms with Gasteiger partial charge in [-0.2, -0.15) is 0 Å². The molecule has 1 aliphatic rings. The number of fused-ring (bicyclic) bond motifs is 1. The number of amides is 1. The second-order valence-corrected chi connectivity index (χ2v) is 7.69. The van der Waals surface area contributed by atoms with E-state index in [2.05, 4.69) is 16.1 Å². The van der Waals surface area contributed by atoms with Crippen LogP contribution in [0.4, 0.5) is 0 Å². The zero-order valence-corrected chi connectivity index (χ0v) is 17.6. The first-order valence-corrected chi connectivity index (χ1v) is 10.6. The monoisotopic (exact) mass is 425 g/mol. The molecule has 6 nitrogen and oxygen atoms in total. The third kappa shape index (κ3) is 3.95. The van der Waals surface area contributed by atoms with E-state index in [1.165, 1.54) is 6.08 Å². The van der Waals surface area contributed by atoms with Crippen molar-refractivity contribution in [3.63, 3.8) is 0 Å². The van der Waals surface area contributed by atoms with Crippen molar-refractivity contribution < 1.29 is 14.3 Å². The van der Waals surface area contributed by atoms with E-state index in [1.54, 1.807) is 6.20 Å². The number of ether oxygens (including phenoxy) is 2. The summed E-state index contributed by atoms with van der Waals surface area (Å²) < 4.78 is 14.1. The van der Waals surface area contributed by atoms with E-state index in [9.17, 15) is 4.79 Å². The fourth-order valence-corrected chi connectivity index (χ4v) is 3.92. The number of para-hydroxylation sites is 1. The Morgan fingerprint density at radius 3 is 2.41 bits per heavy atom. The average molecular weight is 425 g/mol. The van der Waals surface area contributed by atoms with Crippen molar-refractivity contribution in [1.82, 2.24) is 14.5 Å². The van der Waals surface area contributed by atoms with Crippen molar-refractivity contribution in [2.24, 2.45) is 0 Å². The molecule has 4 aromatic rings. The predicted octanol–water partition coefficient (Wildman–Crippen LogP) is 5.41. The van der Waals surface area contributed by atoms with Gasteiger partial charge in [-0.3, -0.25) is 4.79 Å². The zero-order valence-electron chi connectivity index (χ0n) is 17.6. The number of carbonyl (C=O) groups excluding carboxylic acids is 1. The van der Waals surface area contributed by atoms with Crippen LogP contribution in [0.2, 0.25) is 0 Å². The van der Waals surface area contributed by atoms with Crippen molar-refractivity contribution in [1.29, 1.82) is 0 Å². The van der Waals surface area contributed by atoms with Gasteiger partial charge < -0.3 is 18.9 Å². The Morgan fingerprint density at radius 1 is 1.00 bits per heavy atom. The molecular formula is C26H23N3O3. The van der Waals surface area contributed by atoms with Gasteiger partial charge in [-0.1, -0.05) is 24.8 Å². The first-order chi connectivity index (χ1) is 15.7. The summed E-state index contributed by atoms with van der Waals surface area (Å²) in [6.45, 7) is 5.06. The number of aromatic nitrogens is 2. The number of benzene rings is 2. The molecule has 5 rings (SSSR count). The van der Waals surface area contributed by atoms with E-state index in [0.717, 1.165) is 35.4 Å². The van der Waals surface area contributed by atoms with E-state index in [1.807, 2.05) is 77.8 Å². The Labute approximate surface area is 186 Å². The average Bonchev–Trinajstić information content (AvgIpc) is 3.22. The van der Waals surface area contributed by atoms with Crippen molar-refractivity contribution in [3.05, 3.63) is 91.8 Å². The number of nitrogens with zero attached hydrogens (tertiary/aromatic N) is 3. The normalized spacial score (nSPS) is 15.2. The van der Waals surface area contributed by atoms with E-state index < -0.39 is 0 Å². The Morgan fingerprint density at radius 2 is 1.72 bits per heavy atom. The Kier molecular flexibility index (Phi) is 5.34. The summed E-state index contributed by atoms with van der Waals surface area (Å²) in [5, 5.41) is 1.04. The maximum absolute atomic E-state index is 12.0. The van der Waals surface area contributed by atoms with E-state index in [4.69, 9.17) is 9.47 Å². The third-order valence-electron chi connectivity index (χ3n) is 5.67. The summed E-state index contributed by atoms with van der Waals surface area (Å²) in [5.41, 5.74) is 0.912. The first kappa shape index (κ1) is 19.9. The number of rotatable bonds is 7. The fraction of sp³-hybridized carbons (Fsp3) is 0.154. The van der Waals surface area contributed by atoms with Crippen molar-refractivity contribution in [3.8, 4) is 23.1 Å². The standard InChI is InChI=1S/C26H23N3O3/c1-2-24(30)29-17-14-20(29)18-28-16-13-19-12-15-27-26(25(19)28)32-23-10-8-22(9-11-23)31-21-6-4-3-5-7-21/h2-13,15-16,20H,1,14,17-18H2/t20-/m1/s1. The molecule has 1 saturated heterocycles. The molecule has 0 saturated carbocycles. The summed E-state index contributed by atoms with van der Waals surface area (Å²) in [7, 11) is 0. The van der Waals surface area contributed by atoms with Crippen LogP contribution in [0.5, 0.6) is 23.1 Å². The van der Waals surface area contributed by atoms with Crippen molar-refractivity contribution >= 4 is 16.8 Å². The van der Waals surface area contributed by atoms with Gasteiger partial charge >= 0.3 is 0 Å². The number of likely N-dealkylation sites (tertiary alicyclic amines) is 1. The Balaban J connectivity index is 1.35. The topological polar surface area (TPSA) is 56.6 Å². The van der Waals surface area contributed by atoms with Gasteiger partial charge in [-0.15, -0.1) is 0 Å². The number of pyridine rings is 1. The predicted molar refractivity (Wildman–Crippen MR) is 123 cm³/mol. The molecule has 1 amide bonds. The molecule has 3 heterocycles. The van der Waals surface area contributed by atoms with Gasteiger partial charge in [0.15, 0.2) is 0 Å². The molecule has 0 bridgehead atoms. The van der Waals surface area contributed by atoms with Gasteiger partial charge in [0.2, 0.25) is 11.8 Å². The first-order valence-electron chi connectivity index (χ1n) is 10.6. The Hall–Kier alpha value is -4.06. The lowest BCUT2D eigenvalue weighted by Gasteiger charge is -2.40. The molecule has 0 unspecified atom stereocenters. The molecule has 32 heavy (non-hydrogen) atoms. The second-order valence-electron chi connectivity index (χ2n) is 7.69. The maximum atomic E-state index is 12.0. The van der Waals surface area contributed by atoms with Crippen LogP contribution in [0.3, 0.4) is 0 Å². The van der Waals surface area contributed by atoms with E-state index >= 15 is 0 Å². The molecule has 2 aromatic carbocycles. The lowest BCUT2D eigenvalue weighted by molar-refractivity contribution is -0.133. The van der Waals surface area contributed by atoms with Crippen LogP contribution in [0.15, 0.2) is 91.8 Å². The molecule has 1 aliphatic heterocycles. The summed E-state index contributed by atoms with van der Waals surface area (Å²) in [4.78, 5) is 18.3. The van der Waals surface area contributed by atoms with Crippen LogP contribution in [-0.4, -0.2) is 32.9 Å². The van der Waals surface area contributed by atoms with Crippen LogP contribution in [-0.2, 0) is 11.3 Å². The SMILES string of the molecule is C=CC(=O)N1CC[C@@H]1Cn1ccc2ccnc(Oc3ccc(Oc4ccccc4)cc3)c21. The third-order valence-corrected chi connectivity index (χ3v) is 5.67. The Bertz CT molecular complexity index is 1250. The van der Waals surface area contributed by atoms with Gasteiger partial charge in [-0.05, 0) is 61.0 Å². The lowest BCUT2D eigenvalue weighted by Crippen LogP contribution is -2.52. The minimum absolute atomic E-state index is 0.0230. The molecule has 1 atom stereocenters. The molecule has 6 heteroatoms. The minimum Gasteiger partial charge on any atom is -0.457 e. The number of hydrogen-bond acceptors (Lipinski definition) is 4. The quantitative estimate of drug-likeness (QED) is 0.372. The summed E-state index contributed by atoms with van der Waals surface area (Å²) in [6.07, 6.45) is 6.11. The van der Waals surface area contributed by atoms with Gasteiger partial charge in [0.25, 0.3) is 0 Å². The molecule has 0 N–H and O–H groups in total. The van der Waals surface area contributed by atoms with E-state index in [-0.39, 0.29) is 11.9 Å². The largest absolute Gasteiger partial charge is 0.457 e. The molecule has 0 radical (unpaired) electrons. The summed E-state index contributed by atoms with van der Waals surface area (Å²) in [6, 6.07) is 21.3. The molecule has 160 valence electrons. The second kappa shape index (κ2) is 8.59. The molecule has 0 aliphatic carbocycles. The van der Waals surface area contributed by atoms with Crippen molar-refractivity contribution in [2.75, 3.05) is 6.54 Å². The van der Waals surface area contributed by atoms with Gasteiger partial charge in [0, 0.05) is 30.9 Å². The van der Waals surface area contributed by atoms with Crippen LogP contribution in [0.1, 0.15) is 6.42 Å². The molecule has 2 aromatic heterocycles. The van der Waals surface area contributed by atoms with Gasteiger partial charge in [-0.25, -0.2) is 4.98 Å². The van der Waals surface area contributed by atoms with E-state index in [0.29, 0.717) is 18.2 Å². The highest BCUT2D eigenvalue weighted by atomic mass is 16.5. The highest BCUT2D eigenvalue weighted by molar-refractivity contribution is 5.88. The number of hydrogen-bond donors (Lipinski definition) is 0. The van der Waals surface area contributed by atoms with Crippen molar-refractivity contribution in [2.45, 2.75) is 19.0 Å². The van der Waals surface area contributed by atoms with Gasteiger partial charge in [0.05, 0.1) is 6.04 Å². The highest BCUT2D eigenvalue weighted by Gasteiger charge is 2.31. The van der Waals surface area contributed by atoms with Crippen LogP contribution in [0, 0.1) is 0 Å². The smallest absolute Gasteiger partial charge is 0.246 e. The molecule has 1 fully saturated rings. The summed E-state index contributed by atoms with van der Waals surface area (Å²) >= 11 is 0. The maximum Gasteiger partial charge on any atom is 0.246 e. The lowest BCUT2D eigenvalue weighted by atomic mass is 10.0. The highest BCUT2D eigenvalue weighted by Crippen LogP contribution is 2.31. The zero-order chi connectivity index (χ0) is 21.9. The fourth-order valence-electron chi connectivity index (χ4n) is 3.92. The van der Waals surface area contributed by atoms with Crippen LogP contribution in [0.25, 0.3) is 10.9 Å². The van der Waals surface area contributed by atoms with Crippen LogP contribution >= 0.6 is 0 Å². The number of carbonyl (C=O) groups is 1. The van der Waals surface area contributed by atoms with Crippen LogP contribution < -0.4 is 9.47 Å². The minimum atomic E-state index is -0.0230. The summed E-state index contributed by atoms with van der Waals surface area (Å²) in [5.74, 6) is 2.70.